The van der Waals surface area contributed by atoms with Crippen LogP contribution in [0.15, 0.2) is 48.5 Å². The minimum Gasteiger partial charge on any atom is -0.294 e. The van der Waals surface area contributed by atoms with Crippen LogP contribution < -0.4 is 5.32 Å². The molecule has 2 aromatic carbocycles. The lowest BCUT2D eigenvalue weighted by Crippen LogP contribution is -2.20. The van der Waals surface area contributed by atoms with E-state index in [2.05, 4.69) is 11.4 Å². The number of nitrogens with zero attached hydrogens (tertiary/aromatic N) is 1. The van der Waals surface area contributed by atoms with E-state index in [-0.39, 0.29) is 12.4 Å². The Morgan fingerprint density at radius 1 is 1.21 bits per heavy atom. The molecule has 0 saturated heterocycles. The third-order valence-electron chi connectivity index (χ3n) is 2.77. The van der Waals surface area contributed by atoms with Crippen molar-refractivity contribution >= 4 is 11.6 Å². The molecule has 0 bridgehead atoms. The molecule has 0 radical (unpaired) electrons. The maximum absolute atomic E-state index is 13.5. The summed E-state index contributed by atoms with van der Waals surface area (Å²) in [4.78, 5) is 0. The van der Waals surface area contributed by atoms with Gasteiger partial charge >= 0.3 is 0 Å². The molecule has 0 amide bonds. The van der Waals surface area contributed by atoms with E-state index in [0.29, 0.717) is 10.6 Å². The quantitative estimate of drug-likeness (QED) is 0.920. The number of hydrogen-bond donors (Lipinski definition) is 1. The molecule has 0 fully saturated rings. The van der Waals surface area contributed by atoms with Crippen LogP contribution in [0.2, 0.25) is 5.02 Å². The number of hydrogen-bond acceptors (Lipinski definition) is 2. The normalized spacial score (nSPS) is 11.8. The number of nitriles is 1. The highest BCUT2D eigenvalue weighted by atomic mass is 35.5. The predicted molar refractivity (Wildman–Crippen MR) is 73.0 cm³/mol. The van der Waals surface area contributed by atoms with Crippen LogP contribution in [0.3, 0.4) is 0 Å². The van der Waals surface area contributed by atoms with Gasteiger partial charge < -0.3 is 0 Å². The first-order chi connectivity index (χ1) is 9.20. The highest BCUT2D eigenvalue weighted by molar-refractivity contribution is 6.30. The van der Waals surface area contributed by atoms with Crippen LogP contribution in [0.25, 0.3) is 0 Å². The van der Waals surface area contributed by atoms with Crippen molar-refractivity contribution in [3.05, 3.63) is 70.5 Å². The molecule has 4 heteroatoms. The van der Waals surface area contributed by atoms with Crippen LogP contribution in [0.4, 0.5) is 4.39 Å². The summed E-state index contributed by atoms with van der Waals surface area (Å²) in [5.74, 6) is -0.280. The fourth-order valence-electron chi connectivity index (χ4n) is 1.78. The van der Waals surface area contributed by atoms with Crippen LogP contribution in [-0.4, -0.2) is 0 Å². The zero-order chi connectivity index (χ0) is 13.7. The van der Waals surface area contributed by atoms with E-state index < -0.39 is 6.04 Å². The standard InChI is InChI=1S/C15H12ClFN2/c16-13-6-3-5-11(8-13)15(9-18)19-10-12-4-1-2-7-14(12)17/h1-8,15,19H,10H2. The average molecular weight is 275 g/mol. The molecule has 0 aliphatic rings. The molecule has 0 aromatic heterocycles. The highest BCUT2D eigenvalue weighted by Gasteiger charge is 2.11. The lowest BCUT2D eigenvalue weighted by Gasteiger charge is -2.12. The van der Waals surface area contributed by atoms with Gasteiger partial charge in [-0.25, -0.2) is 4.39 Å². The first-order valence-electron chi connectivity index (χ1n) is 5.82. The summed E-state index contributed by atoms with van der Waals surface area (Å²) in [6, 6.07) is 15.2. The number of halogens is 2. The number of benzene rings is 2. The van der Waals surface area contributed by atoms with Crippen molar-refractivity contribution < 1.29 is 4.39 Å². The zero-order valence-corrected chi connectivity index (χ0v) is 10.9. The Hall–Kier alpha value is -1.89. The summed E-state index contributed by atoms with van der Waals surface area (Å²) in [5, 5.41) is 12.8. The largest absolute Gasteiger partial charge is 0.294 e. The van der Waals surface area contributed by atoms with Crippen LogP contribution in [0.1, 0.15) is 17.2 Å². The molecule has 19 heavy (non-hydrogen) atoms. The summed E-state index contributed by atoms with van der Waals surface area (Å²) in [6.07, 6.45) is 0. The predicted octanol–water partition coefficient (Wildman–Crippen LogP) is 3.83. The van der Waals surface area contributed by atoms with Crippen LogP contribution >= 0.6 is 11.6 Å². The average Bonchev–Trinajstić information content (AvgIpc) is 2.41. The second-order valence-corrected chi connectivity index (χ2v) is 4.53. The van der Waals surface area contributed by atoms with E-state index in [9.17, 15) is 4.39 Å². The molecule has 0 saturated carbocycles. The topological polar surface area (TPSA) is 35.8 Å². The Kier molecular flexibility index (Phi) is 4.51. The van der Waals surface area contributed by atoms with Crippen molar-refractivity contribution in [1.29, 1.82) is 5.26 Å². The summed E-state index contributed by atoms with van der Waals surface area (Å²) >= 11 is 5.89. The second kappa shape index (κ2) is 6.33. The van der Waals surface area contributed by atoms with E-state index in [1.54, 1.807) is 36.4 Å². The summed E-state index contributed by atoms with van der Waals surface area (Å²) in [6.45, 7) is 0.289. The molecule has 1 unspecified atom stereocenters. The van der Waals surface area contributed by atoms with E-state index >= 15 is 0 Å². The van der Waals surface area contributed by atoms with E-state index in [4.69, 9.17) is 16.9 Å². The lowest BCUT2D eigenvalue weighted by atomic mass is 10.1. The Morgan fingerprint density at radius 3 is 2.68 bits per heavy atom. The van der Waals surface area contributed by atoms with Crippen molar-refractivity contribution in [2.45, 2.75) is 12.6 Å². The van der Waals surface area contributed by atoms with E-state index in [1.807, 2.05) is 6.07 Å². The molecule has 0 spiro atoms. The third kappa shape index (κ3) is 3.54. The Bertz CT molecular complexity index is 607. The van der Waals surface area contributed by atoms with Crippen LogP contribution in [-0.2, 0) is 6.54 Å². The molecule has 1 N–H and O–H groups in total. The molecular weight excluding hydrogens is 263 g/mol. The van der Waals surface area contributed by atoms with Crippen LogP contribution in [0, 0.1) is 17.1 Å². The first kappa shape index (κ1) is 13.5. The van der Waals surface area contributed by atoms with Gasteiger partial charge in [0, 0.05) is 17.1 Å². The van der Waals surface area contributed by atoms with Crippen molar-refractivity contribution in [2.24, 2.45) is 0 Å². The van der Waals surface area contributed by atoms with Gasteiger partial charge in [0.05, 0.1) is 6.07 Å². The highest BCUT2D eigenvalue weighted by Crippen LogP contribution is 2.18. The third-order valence-corrected chi connectivity index (χ3v) is 3.00. The first-order valence-corrected chi connectivity index (χ1v) is 6.20. The molecule has 2 aromatic rings. The number of rotatable bonds is 4. The maximum atomic E-state index is 13.5. The van der Waals surface area contributed by atoms with Crippen LogP contribution in [0.5, 0.6) is 0 Å². The molecule has 2 nitrogen and oxygen atoms in total. The maximum Gasteiger partial charge on any atom is 0.127 e. The van der Waals surface area contributed by atoms with E-state index in [0.717, 1.165) is 5.56 Å². The molecule has 1 atom stereocenters. The minimum atomic E-state index is -0.515. The minimum absolute atomic E-state index is 0.280. The SMILES string of the molecule is N#CC(NCc1ccccc1F)c1cccc(Cl)c1. The smallest absolute Gasteiger partial charge is 0.127 e. The van der Waals surface area contributed by atoms with Crippen molar-refractivity contribution in [3.8, 4) is 6.07 Å². The van der Waals surface area contributed by atoms with Gasteiger partial charge in [-0.3, -0.25) is 5.32 Å². The van der Waals surface area contributed by atoms with Gasteiger partial charge in [0.2, 0.25) is 0 Å². The monoisotopic (exact) mass is 274 g/mol. The summed E-state index contributed by atoms with van der Waals surface area (Å²) in [5.41, 5.74) is 1.30. The van der Waals surface area contributed by atoms with Crippen molar-refractivity contribution in [3.63, 3.8) is 0 Å². The van der Waals surface area contributed by atoms with Crippen molar-refractivity contribution in [1.82, 2.24) is 5.32 Å². The van der Waals surface area contributed by atoms with Gasteiger partial charge in [0.1, 0.15) is 11.9 Å². The molecule has 2 rings (SSSR count). The second-order valence-electron chi connectivity index (χ2n) is 4.09. The summed E-state index contributed by atoms with van der Waals surface area (Å²) < 4.78 is 13.5. The van der Waals surface area contributed by atoms with E-state index in [1.165, 1.54) is 6.07 Å². The molecular formula is C15H12ClFN2. The van der Waals surface area contributed by atoms with Gasteiger partial charge in [-0.2, -0.15) is 5.26 Å². The zero-order valence-electron chi connectivity index (χ0n) is 10.1. The van der Waals surface area contributed by atoms with Gasteiger partial charge in [0.15, 0.2) is 0 Å². The van der Waals surface area contributed by atoms with Crippen molar-refractivity contribution in [2.75, 3.05) is 0 Å². The Morgan fingerprint density at radius 2 is 2.00 bits per heavy atom. The van der Waals surface area contributed by atoms with Gasteiger partial charge in [-0.15, -0.1) is 0 Å². The van der Waals surface area contributed by atoms with Gasteiger partial charge in [0.25, 0.3) is 0 Å². The molecule has 0 aliphatic heterocycles. The molecule has 0 heterocycles. The fraction of sp³-hybridized carbons (Fsp3) is 0.133. The fourth-order valence-corrected chi connectivity index (χ4v) is 1.98. The van der Waals surface area contributed by atoms with Gasteiger partial charge in [-0.1, -0.05) is 41.9 Å². The number of nitrogens with one attached hydrogen (secondary N) is 1. The Balaban J connectivity index is 2.09. The van der Waals surface area contributed by atoms with Gasteiger partial charge in [-0.05, 0) is 23.8 Å². The lowest BCUT2D eigenvalue weighted by molar-refractivity contribution is 0.571. The molecule has 96 valence electrons. The summed E-state index contributed by atoms with van der Waals surface area (Å²) in [7, 11) is 0. The Labute approximate surface area is 116 Å². The molecule has 0 aliphatic carbocycles.